The van der Waals surface area contributed by atoms with Crippen molar-refractivity contribution in [3.8, 4) is 0 Å². The molecule has 72 valence electrons. The highest BCUT2D eigenvalue weighted by Gasteiger charge is 2.20. The molecule has 12 heavy (non-hydrogen) atoms. The molecule has 0 amide bonds. The minimum absolute atomic E-state index is 0.637. The summed E-state index contributed by atoms with van der Waals surface area (Å²) in [5.41, 5.74) is 0. The summed E-state index contributed by atoms with van der Waals surface area (Å²) in [5, 5.41) is 3.45. The van der Waals surface area contributed by atoms with Crippen LogP contribution in [0.2, 0.25) is 0 Å². The van der Waals surface area contributed by atoms with Crippen molar-refractivity contribution in [2.45, 2.75) is 32.2 Å². The van der Waals surface area contributed by atoms with E-state index in [9.17, 15) is 4.21 Å². The minimum atomic E-state index is -0.637. The molecule has 0 bridgehead atoms. The van der Waals surface area contributed by atoms with Gasteiger partial charge in [-0.05, 0) is 25.2 Å². The van der Waals surface area contributed by atoms with Gasteiger partial charge in [0.2, 0.25) is 0 Å². The Morgan fingerprint density at radius 2 is 2.25 bits per heavy atom. The van der Waals surface area contributed by atoms with Crippen molar-refractivity contribution in [2.24, 2.45) is 5.92 Å². The van der Waals surface area contributed by atoms with Crippen molar-refractivity contribution in [1.82, 2.24) is 5.32 Å². The molecule has 0 radical (unpaired) electrons. The molecule has 1 fully saturated rings. The fraction of sp³-hybridized carbons (Fsp3) is 1.00. The van der Waals surface area contributed by atoms with Crippen LogP contribution in [0.1, 0.15) is 26.2 Å². The van der Waals surface area contributed by atoms with Crippen molar-refractivity contribution < 1.29 is 4.21 Å². The Kier molecular flexibility index (Phi) is 4.22. The first-order valence-electron chi connectivity index (χ1n) is 4.72. The standard InChI is InChI=1S/C9H19NOS/c1-8-3-4-9(7-8)10-5-6-12(2)11/h8-10H,3-7H2,1-2H3. The zero-order valence-electron chi connectivity index (χ0n) is 8.01. The zero-order valence-corrected chi connectivity index (χ0v) is 8.82. The summed E-state index contributed by atoms with van der Waals surface area (Å²) >= 11 is 0. The first kappa shape index (κ1) is 10.2. The summed E-state index contributed by atoms with van der Waals surface area (Å²) in [7, 11) is -0.637. The van der Waals surface area contributed by atoms with Gasteiger partial charge >= 0.3 is 0 Å². The Labute approximate surface area is 77.6 Å². The van der Waals surface area contributed by atoms with Gasteiger partial charge in [0, 0.05) is 35.4 Å². The van der Waals surface area contributed by atoms with Gasteiger partial charge in [0.1, 0.15) is 0 Å². The molecule has 0 aromatic heterocycles. The highest BCUT2D eigenvalue weighted by molar-refractivity contribution is 7.84. The second-order valence-corrected chi connectivity index (χ2v) is 5.40. The first-order chi connectivity index (χ1) is 5.68. The van der Waals surface area contributed by atoms with Gasteiger partial charge in [-0.1, -0.05) is 6.92 Å². The molecule has 0 aromatic rings. The van der Waals surface area contributed by atoms with E-state index in [4.69, 9.17) is 0 Å². The van der Waals surface area contributed by atoms with Gasteiger partial charge in [0.05, 0.1) is 0 Å². The summed E-state index contributed by atoms with van der Waals surface area (Å²) < 4.78 is 10.8. The van der Waals surface area contributed by atoms with Crippen LogP contribution < -0.4 is 5.32 Å². The van der Waals surface area contributed by atoms with Gasteiger partial charge in [0.25, 0.3) is 0 Å². The average Bonchev–Trinajstić information content (AvgIpc) is 2.35. The third kappa shape index (κ3) is 3.68. The number of hydrogen-bond acceptors (Lipinski definition) is 2. The molecular formula is C9H19NOS. The normalized spacial score (nSPS) is 32.2. The molecule has 0 aromatic carbocycles. The molecule has 1 N–H and O–H groups in total. The smallest absolute Gasteiger partial charge is 0.0357 e. The fourth-order valence-corrected chi connectivity index (χ4v) is 2.20. The van der Waals surface area contributed by atoms with Gasteiger partial charge in [-0.15, -0.1) is 0 Å². The molecule has 3 atom stereocenters. The molecule has 1 aliphatic carbocycles. The van der Waals surface area contributed by atoms with Crippen LogP contribution in [0.4, 0.5) is 0 Å². The van der Waals surface area contributed by atoms with E-state index in [-0.39, 0.29) is 0 Å². The summed E-state index contributed by atoms with van der Waals surface area (Å²) in [6.07, 6.45) is 5.72. The predicted octanol–water partition coefficient (Wildman–Crippen LogP) is 1.14. The Morgan fingerprint density at radius 1 is 1.50 bits per heavy atom. The molecular weight excluding hydrogens is 170 g/mol. The van der Waals surface area contributed by atoms with Crippen molar-refractivity contribution in [2.75, 3.05) is 18.6 Å². The number of hydrogen-bond donors (Lipinski definition) is 1. The molecule has 0 aliphatic heterocycles. The Balaban J connectivity index is 2.04. The predicted molar refractivity (Wildman–Crippen MR) is 53.7 cm³/mol. The van der Waals surface area contributed by atoms with Crippen LogP contribution in [0.5, 0.6) is 0 Å². The van der Waals surface area contributed by atoms with E-state index in [2.05, 4.69) is 12.2 Å². The van der Waals surface area contributed by atoms with E-state index in [1.165, 1.54) is 19.3 Å². The number of nitrogens with one attached hydrogen (secondary N) is 1. The third-order valence-electron chi connectivity index (χ3n) is 2.52. The maximum atomic E-state index is 10.8. The van der Waals surface area contributed by atoms with Crippen molar-refractivity contribution in [1.29, 1.82) is 0 Å². The monoisotopic (exact) mass is 189 g/mol. The average molecular weight is 189 g/mol. The second-order valence-electron chi connectivity index (χ2n) is 3.85. The van der Waals surface area contributed by atoms with E-state index in [1.54, 1.807) is 6.26 Å². The molecule has 0 spiro atoms. The molecule has 0 heterocycles. The van der Waals surface area contributed by atoms with Crippen LogP contribution >= 0.6 is 0 Å². The highest BCUT2D eigenvalue weighted by atomic mass is 32.2. The maximum Gasteiger partial charge on any atom is 0.0357 e. The van der Waals surface area contributed by atoms with Gasteiger partial charge in [-0.3, -0.25) is 4.21 Å². The molecule has 1 saturated carbocycles. The lowest BCUT2D eigenvalue weighted by Crippen LogP contribution is -2.29. The van der Waals surface area contributed by atoms with Crippen molar-refractivity contribution in [3.05, 3.63) is 0 Å². The molecule has 3 heteroatoms. The minimum Gasteiger partial charge on any atom is -0.313 e. The first-order valence-corrected chi connectivity index (χ1v) is 6.44. The van der Waals surface area contributed by atoms with E-state index < -0.39 is 10.8 Å². The van der Waals surface area contributed by atoms with Crippen LogP contribution in [-0.4, -0.2) is 28.8 Å². The SMILES string of the molecule is CC1CCC(NCCS(C)=O)C1. The van der Waals surface area contributed by atoms with E-state index in [1.807, 2.05) is 0 Å². The Bertz CT molecular complexity index is 161. The van der Waals surface area contributed by atoms with Crippen molar-refractivity contribution >= 4 is 10.8 Å². The lowest BCUT2D eigenvalue weighted by atomic mass is 10.1. The maximum absolute atomic E-state index is 10.8. The highest BCUT2D eigenvalue weighted by Crippen LogP contribution is 2.24. The molecule has 0 saturated heterocycles. The topological polar surface area (TPSA) is 29.1 Å². The van der Waals surface area contributed by atoms with Crippen LogP contribution in [0.3, 0.4) is 0 Å². The fourth-order valence-electron chi connectivity index (χ4n) is 1.80. The zero-order chi connectivity index (χ0) is 8.97. The van der Waals surface area contributed by atoms with E-state index >= 15 is 0 Å². The molecule has 1 aliphatic rings. The quantitative estimate of drug-likeness (QED) is 0.718. The van der Waals surface area contributed by atoms with Crippen LogP contribution in [0, 0.1) is 5.92 Å². The second kappa shape index (κ2) is 4.97. The van der Waals surface area contributed by atoms with Crippen LogP contribution in [0.25, 0.3) is 0 Å². The lowest BCUT2D eigenvalue weighted by Gasteiger charge is -2.10. The third-order valence-corrected chi connectivity index (χ3v) is 3.30. The van der Waals surface area contributed by atoms with Crippen LogP contribution in [-0.2, 0) is 10.8 Å². The summed E-state index contributed by atoms with van der Waals surface area (Å²) in [6, 6.07) is 0.698. The molecule has 3 unspecified atom stereocenters. The largest absolute Gasteiger partial charge is 0.313 e. The van der Waals surface area contributed by atoms with Gasteiger partial charge < -0.3 is 5.32 Å². The van der Waals surface area contributed by atoms with Gasteiger partial charge in [-0.25, -0.2) is 0 Å². The summed E-state index contributed by atoms with van der Waals surface area (Å²) in [6.45, 7) is 3.22. The Morgan fingerprint density at radius 3 is 2.75 bits per heavy atom. The molecule has 2 nitrogen and oxygen atoms in total. The molecule has 1 rings (SSSR count). The van der Waals surface area contributed by atoms with Crippen molar-refractivity contribution in [3.63, 3.8) is 0 Å². The lowest BCUT2D eigenvalue weighted by molar-refractivity contribution is 0.517. The van der Waals surface area contributed by atoms with E-state index in [0.29, 0.717) is 6.04 Å². The summed E-state index contributed by atoms with van der Waals surface area (Å²) in [4.78, 5) is 0. The van der Waals surface area contributed by atoms with E-state index in [0.717, 1.165) is 18.2 Å². The number of rotatable bonds is 4. The summed E-state index contributed by atoms with van der Waals surface area (Å²) in [5.74, 6) is 1.68. The van der Waals surface area contributed by atoms with Gasteiger partial charge in [0.15, 0.2) is 0 Å². The Hall–Kier alpha value is 0.110. The van der Waals surface area contributed by atoms with Crippen LogP contribution in [0.15, 0.2) is 0 Å². The van der Waals surface area contributed by atoms with Gasteiger partial charge in [-0.2, -0.15) is 0 Å².